The summed E-state index contributed by atoms with van der Waals surface area (Å²) in [7, 11) is 0. The van der Waals surface area contributed by atoms with Gasteiger partial charge in [-0.1, -0.05) is 0 Å². The van der Waals surface area contributed by atoms with Crippen molar-refractivity contribution in [2.45, 2.75) is 19.1 Å². The molecule has 5 rings (SSSR count). The largest absolute Gasteiger partial charge is 0.376 e. The molecule has 0 amide bonds. The van der Waals surface area contributed by atoms with Crippen LogP contribution < -0.4 is 10.6 Å². The average molecular weight is 423 g/mol. The van der Waals surface area contributed by atoms with Gasteiger partial charge in [0.05, 0.1) is 43.8 Å². The van der Waals surface area contributed by atoms with E-state index in [1.165, 1.54) is 18.5 Å². The average Bonchev–Trinajstić information content (AvgIpc) is 3.27. The second-order valence-electron chi connectivity index (χ2n) is 7.40. The lowest BCUT2D eigenvalue weighted by atomic mass is 10.1. The fourth-order valence-corrected chi connectivity index (χ4v) is 3.65. The Labute approximate surface area is 177 Å². The van der Waals surface area contributed by atoms with Crippen LogP contribution in [-0.4, -0.2) is 57.4 Å². The summed E-state index contributed by atoms with van der Waals surface area (Å²) in [5.74, 6) is 0.975. The third-order valence-corrected chi connectivity index (χ3v) is 5.23. The molecule has 31 heavy (non-hydrogen) atoms. The van der Waals surface area contributed by atoms with Crippen LogP contribution in [0, 0.1) is 5.82 Å². The van der Waals surface area contributed by atoms with Crippen LogP contribution in [0.15, 0.2) is 36.9 Å². The summed E-state index contributed by atoms with van der Waals surface area (Å²) >= 11 is 0. The molecule has 1 aliphatic rings. The number of benzene rings is 1. The van der Waals surface area contributed by atoms with E-state index in [-0.39, 0.29) is 18.0 Å². The van der Waals surface area contributed by atoms with E-state index in [1.807, 2.05) is 13.0 Å². The second kappa shape index (κ2) is 8.40. The predicted octanol–water partition coefficient (Wildman–Crippen LogP) is 3.04. The normalized spacial score (nSPS) is 17.7. The van der Waals surface area contributed by atoms with E-state index in [2.05, 4.69) is 30.6 Å². The highest BCUT2D eigenvalue weighted by atomic mass is 19.1. The number of halogens is 1. The Morgan fingerprint density at radius 3 is 3.00 bits per heavy atom. The van der Waals surface area contributed by atoms with E-state index >= 15 is 0 Å². The topological polar surface area (TPSA) is 110 Å². The number of hydrogen-bond acceptors (Lipinski definition) is 8. The van der Waals surface area contributed by atoms with Crippen molar-refractivity contribution in [2.75, 3.05) is 37.0 Å². The van der Waals surface area contributed by atoms with Gasteiger partial charge in [-0.2, -0.15) is 0 Å². The molecule has 3 N–H and O–H groups in total. The van der Waals surface area contributed by atoms with E-state index in [1.54, 1.807) is 12.4 Å². The molecular formula is C21H22FN7O2. The van der Waals surface area contributed by atoms with Crippen LogP contribution in [0.2, 0.25) is 0 Å². The summed E-state index contributed by atoms with van der Waals surface area (Å²) in [6, 6.07) is 6.44. The van der Waals surface area contributed by atoms with Gasteiger partial charge < -0.3 is 25.1 Å². The lowest BCUT2D eigenvalue weighted by Gasteiger charge is -2.25. The molecule has 1 fully saturated rings. The monoisotopic (exact) mass is 423 g/mol. The number of rotatable bonds is 6. The minimum absolute atomic E-state index is 0.0682. The van der Waals surface area contributed by atoms with Crippen LogP contribution >= 0.6 is 0 Å². The van der Waals surface area contributed by atoms with E-state index < -0.39 is 0 Å². The van der Waals surface area contributed by atoms with Crippen molar-refractivity contribution >= 4 is 33.7 Å². The molecule has 0 bridgehead atoms. The molecule has 160 valence electrons. The number of aromatic amines is 1. The van der Waals surface area contributed by atoms with E-state index in [0.717, 1.165) is 16.5 Å². The van der Waals surface area contributed by atoms with Gasteiger partial charge in [-0.3, -0.25) is 0 Å². The zero-order valence-electron chi connectivity index (χ0n) is 16.9. The van der Waals surface area contributed by atoms with Gasteiger partial charge in [-0.15, -0.1) is 0 Å². The zero-order chi connectivity index (χ0) is 21.2. The van der Waals surface area contributed by atoms with Gasteiger partial charge in [0.2, 0.25) is 0 Å². The van der Waals surface area contributed by atoms with Crippen molar-refractivity contribution in [3.8, 4) is 0 Å². The number of pyridine rings is 1. The molecule has 0 aliphatic carbocycles. The summed E-state index contributed by atoms with van der Waals surface area (Å²) in [6.45, 7) is 4.25. The minimum atomic E-state index is -0.323. The van der Waals surface area contributed by atoms with Crippen LogP contribution in [0.1, 0.15) is 18.5 Å². The van der Waals surface area contributed by atoms with Crippen molar-refractivity contribution in [3.05, 3.63) is 48.3 Å². The van der Waals surface area contributed by atoms with Crippen LogP contribution in [-0.2, 0) is 9.47 Å². The summed E-state index contributed by atoms with van der Waals surface area (Å²) in [4.78, 5) is 20.4. The fourth-order valence-electron chi connectivity index (χ4n) is 3.65. The summed E-state index contributed by atoms with van der Waals surface area (Å²) in [6.07, 6.45) is 2.99. The van der Waals surface area contributed by atoms with Crippen LogP contribution in [0.5, 0.6) is 0 Å². The fraction of sp³-hybridized carbons (Fsp3) is 0.333. The first-order valence-electron chi connectivity index (χ1n) is 10.1. The molecule has 0 spiro atoms. The maximum atomic E-state index is 13.8. The highest BCUT2D eigenvalue weighted by molar-refractivity contribution is 5.84. The number of nitrogens with zero attached hydrogens (tertiary/aromatic N) is 4. The minimum Gasteiger partial charge on any atom is -0.376 e. The first-order valence-corrected chi connectivity index (χ1v) is 10.1. The Kier molecular flexibility index (Phi) is 5.31. The Hall–Kier alpha value is -3.37. The first-order chi connectivity index (χ1) is 15.2. The molecule has 1 aliphatic heterocycles. The first kappa shape index (κ1) is 19.6. The van der Waals surface area contributed by atoms with Crippen molar-refractivity contribution in [1.82, 2.24) is 24.9 Å². The lowest BCUT2D eigenvalue weighted by molar-refractivity contribution is -0.0819. The van der Waals surface area contributed by atoms with Crippen molar-refractivity contribution < 1.29 is 13.9 Å². The van der Waals surface area contributed by atoms with Crippen molar-refractivity contribution in [3.63, 3.8) is 0 Å². The van der Waals surface area contributed by atoms with E-state index in [0.29, 0.717) is 49.2 Å². The van der Waals surface area contributed by atoms with E-state index in [9.17, 15) is 4.39 Å². The Morgan fingerprint density at radius 2 is 2.13 bits per heavy atom. The third-order valence-electron chi connectivity index (χ3n) is 5.23. The SMILES string of the molecule is C[C@H](Nc1ncnc2nc[nH]c12)c1cc2ccc(F)cc2nc1NCC1COCCO1. The molecule has 10 heteroatoms. The van der Waals surface area contributed by atoms with Gasteiger partial charge in [0.15, 0.2) is 11.5 Å². The molecule has 1 saturated heterocycles. The molecule has 3 aromatic heterocycles. The number of hydrogen-bond donors (Lipinski definition) is 3. The van der Waals surface area contributed by atoms with Gasteiger partial charge in [0, 0.05) is 23.6 Å². The molecule has 1 unspecified atom stereocenters. The molecule has 4 heterocycles. The van der Waals surface area contributed by atoms with Crippen LogP contribution in [0.4, 0.5) is 16.0 Å². The standard InChI is InChI=1S/C21H22FN7O2/c1-12(28-21-18-20(25-10-24-18)26-11-27-21)16-6-13-2-3-14(22)7-17(13)29-19(16)23-8-15-9-30-4-5-31-15/h2-3,6-7,10-12,15H,4-5,8-9H2,1H3,(H,23,29)(H2,24,25,26,27,28)/t12-,15?/m0/s1. The number of aromatic nitrogens is 5. The lowest BCUT2D eigenvalue weighted by Crippen LogP contribution is -2.34. The highest BCUT2D eigenvalue weighted by Gasteiger charge is 2.19. The Bertz CT molecular complexity index is 1210. The zero-order valence-corrected chi connectivity index (χ0v) is 16.9. The van der Waals surface area contributed by atoms with Gasteiger partial charge in [-0.25, -0.2) is 24.3 Å². The highest BCUT2D eigenvalue weighted by Crippen LogP contribution is 2.29. The van der Waals surface area contributed by atoms with Gasteiger partial charge >= 0.3 is 0 Å². The maximum absolute atomic E-state index is 13.8. The number of fused-ring (bicyclic) bond motifs is 2. The Morgan fingerprint density at radius 1 is 1.19 bits per heavy atom. The van der Waals surface area contributed by atoms with Crippen LogP contribution in [0.3, 0.4) is 0 Å². The van der Waals surface area contributed by atoms with Crippen molar-refractivity contribution in [2.24, 2.45) is 0 Å². The number of nitrogens with one attached hydrogen (secondary N) is 3. The van der Waals surface area contributed by atoms with Gasteiger partial charge in [0.1, 0.15) is 23.5 Å². The Balaban J connectivity index is 1.47. The van der Waals surface area contributed by atoms with Crippen LogP contribution in [0.25, 0.3) is 22.1 Å². The molecule has 4 aromatic rings. The second-order valence-corrected chi connectivity index (χ2v) is 7.40. The predicted molar refractivity (Wildman–Crippen MR) is 114 cm³/mol. The quantitative estimate of drug-likeness (QED) is 0.434. The summed E-state index contributed by atoms with van der Waals surface area (Å²) in [5, 5.41) is 7.62. The third kappa shape index (κ3) is 4.12. The molecule has 0 radical (unpaired) electrons. The molecule has 9 nitrogen and oxygen atoms in total. The van der Waals surface area contributed by atoms with Gasteiger partial charge in [-0.05, 0) is 25.1 Å². The summed E-state index contributed by atoms with van der Waals surface area (Å²) < 4.78 is 25.0. The van der Waals surface area contributed by atoms with E-state index in [4.69, 9.17) is 14.5 Å². The maximum Gasteiger partial charge on any atom is 0.182 e. The molecule has 2 atom stereocenters. The number of anilines is 2. The number of imidazole rings is 1. The van der Waals surface area contributed by atoms with Crippen molar-refractivity contribution in [1.29, 1.82) is 0 Å². The molecular weight excluding hydrogens is 401 g/mol. The number of H-pyrrole nitrogens is 1. The molecule has 1 aromatic carbocycles. The molecule has 0 saturated carbocycles. The smallest absolute Gasteiger partial charge is 0.182 e. The van der Waals surface area contributed by atoms with Gasteiger partial charge in [0.25, 0.3) is 0 Å². The summed E-state index contributed by atoms with van der Waals surface area (Å²) in [5.41, 5.74) is 2.82. The number of ether oxygens (including phenoxy) is 2.